The van der Waals surface area contributed by atoms with Gasteiger partial charge in [-0.3, -0.25) is 10.2 Å². The summed E-state index contributed by atoms with van der Waals surface area (Å²) in [5, 5.41) is 14.4. The number of hydrogen-bond acceptors (Lipinski definition) is 3. The van der Waals surface area contributed by atoms with Crippen LogP contribution < -0.4 is 0 Å². The van der Waals surface area contributed by atoms with Gasteiger partial charge in [0.25, 0.3) is 0 Å². The van der Waals surface area contributed by atoms with Crippen molar-refractivity contribution in [3.05, 3.63) is 10.6 Å². The molecule has 0 aliphatic heterocycles. The van der Waals surface area contributed by atoms with Crippen molar-refractivity contribution >= 4 is 12.2 Å². The van der Waals surface area contributed by atoms with Crippen molar-refractivity contribution in [1.29, 1.82) is 0 Å². The lowest BCUT2D eigenvalue weighted by atomic mass is 9.94. The minimum Gasteiger partial charge on any atom is -0.395 e. The van der Waals surface area contributed by atoms with E-state index in [9.17, 15) is 0 Å². The van der Waals surface area contributed by atoms with Gasteiger partial charge in [-0.25, -0.2) is 4.98 Å². The zero-order valence-electron chi connectivity index (χ0n) is 6.51. The van der Waals surface area contributed by atoms with Gasteiger partial charge in [0.2, 0.25) is 4.77 Å². The average molecular weight is 173 g/mol. The van der Waals surface area contributed by atoms with E-state index >= 15 is 0 Å². The Hall–Kier alpha value is -0.680. The monoisotopic (exact) mass is 173 g/mol. The van der Waals surface area contributed by atoms with Crippen molar-refractivity contribution < 1.29 is 5.11 Å². The lowest BCUT2D eigenvalue weighted by Crippen LogP contribution is -2.23. The highest BCUT2D eigenvalue weighted by Crippen LogP contribution is 2.16. The van der Waals surface area contributed by atoms with E-state index in [0.717, 1.165) is 0 Å². The Morgan fingerprint density at radius 3 is 2.55 bits per heavy atom. The molecule has 11 heavy (non-hydrogen) atoms. The van der Waals surface area contributed by atoms with E-state index in [-0.39, 0.29) is 12.0 Å². The Labute approximate surface area is 69.7 Å². The van der Waals surface area contributed by atoms with Gasteiger partial charge in [-0.1, -0.05) is 13.8 Å². The van der Waals surface area contributed by atoms with Crippen LogP contribution in [0.3, 0.4) is 0 Å². The first-order valence-corrected chi connectivity index (χ1v) is 3.73. The van der Waals surface area contributed by atoms with Gasteiger partial charge in [-0.15, -0.1) is 0 Å². The molecular weight excluding hydrogens is 162 g/mol. The number of aromatic nitrogens is 3. The molecule has 0 aliphatic carbocycles. The predicted octanol–water partition coefficient (Wildman–Crippen LogP) is 0.737. The Kier molecular flexibility index (Phi) is 2.10. The molecule has 4 nitrogen and oxygen atoms in total. The molecule has 0 aliphatic rings. The highest BCUT2D eigenvalue weighted by atomic mass is 32.1. The van der Waals surface area contributed by atoms with Crippen LogP contribution in [0.1, 0.15) is 19.7 Å². The maximum Gasteiger partial charge on any atom is 0.213 e. The van der Waals surface area contributed by atoms with Crippen molar-refractivity contribution in [2.75, 3.05) is 6.61 Å². The third-order valence-corrected chi connectivity index (χ3v) is 1.73. The standard InChI is InChI=1S/C6H11N3OS/c1-6(2,3-10)4-7-5(11)9-8-4/h10H,3H2,1-2H3,(H2,7,8,9,11). The molecule has 3 N–H and O–H groups in total. The van der Waals surface area contributed by atoms with Gasteiger partial charge in [0.1, 0.15) is 5.82 Å². The topological polar surface area (TPSA) is 64.7 Å². The number of nitrogens with one attached hydrogen (secondary N) is 2. The number of aliphatic hydroxyl groups excluding tert-OH is 1. The molecule has 0 saturated carbocycles. The summed E-state index contributed by atoms with van der Waals surface area (Å²) in [6.07, 6.45) is 0. The number of rotatable bonds is 2. The molecule has 0 unspecified atom stereocenters. The minimum absolute atomic E-state index is 0.0448. The molecule has 0 spiro atoms. The van der Waals surface area contributed by atoms with Gasteiger partial charge in [0.15, 0.2) is 0 Å². The summed E-state index contributed by atoms with van der Waals surface area (Å²) in [7, 11) is 0. The van der Waals surface area contributed by atoms with Crippen molar-refractivity contribution in [2.24, 2.45) is 0 Å². The van der Waals surface area contributed by atoms with Crippen LogP contribution in [0.5, 0.6) is 0 Å². The normalized spacial score (nSPS) is 11.9. The SMILES string of the molecule is CC(C)(CO)c1nc(=S)[nH][nH]1. The number of H-pyrrole nitrogens is 2. The van der Waals surface area contributed by atoms with Crippen LogP contribution in [0.2, 0.25) is 0 Å². The first-order valence-electron chi connectivity index (χ1n) is 3.32. The van der Waals surface area contributed by atoms with Gasteiger partial charge >= 0.3 is 0 Å². The van der Waals surface area contributed by atoms with E-state index in [4.69, 9.17) is 17.3 Å². The second-order valence-corrected chi connectivity index (χ2v) is 3.44. The minimum atomic E-state index is -0.354. The Morgan fingerprint density at radius 1 is 1.55 bits per heavy atom. The van der Waals surface area contributed by atoms with Gasteiger partial charge in [-0.2, -0.15) is 0 Å². The lowest BCUT2D eigenvalue weighted by Gasteiger charge is -2.16. The zero-order valence-corrected chi connectivity index (χ0v) is 7.33. The lowest BCUT2D eigenvalue weighted by molar-refractivity contribution is 0.212. The third-order valence-electron chi connectivity index (χ3n) is 1.54. The van der Waals surface area contributed by atoms with Crippen LogP contribution >= 0.6 is 12.2 Å². The molecule has 62 valence electrons. The summed E-state index contributed by atoms with van der Waals surface area (Å²) in [4.78, 5) is 4.00. The second-order valence-electron chi connectivity index (χ2n) is 3.06. The number of nitrogens with zero attached hydrogens (tertiary/aromatic N) is 1. The summed E-state index contributed by atoms with van der Waals surface area (Å²) >= 11 is 4.77. The average Bonchev–Trinajstić information content (AvgIpc) is 2.36. The predicted molar refractivity (Wildman–Crippen MR) is 43.9 cm³/mol. The van der Waals surface area contributed by atoms with E-state index in [1.807, 2.05) is 13.8 Å². The van der Waals surface area contributed by atoms with Crippen LogP contribution in [0.25, 0.3) is 0 Å². The van der Waals surface area contributed by atoms with E-state index in [1.165, 1.54) is 0 Å². The molecule has 1 rings (SSSR count). The fraction of sp³-hybridized carbons (Fsp3) is 0.667. The molecule has 0 fully saturated rings. The number of aliphatic hydroxyl groups is 1. The molecule has 0 saturated heterocycles. The summed E-state index contributed by atoms with van der Waals surface area (Å²) in [6.45, 7) is 3.81. The maximum atomic E-state index is 8.95. The van der Waals surface area contributed by atoms with Crippen LogP contribution in [0.4, 0.5) is 0 Å². The molecule has 1 heterocycles. The molecule has 0 bridgehead atoms. The van der Waals surface area contributed by atoms with E-state index in [1.54, 1.807) is 0 Å². The fourth-order valence-electron chi connectivity index (χ4n) is 0.666. The molecular formula is C6H11N3OS. The molecule has 5 heteroatoms. The van der Waals surface area contributed by atoms with Gasteiger partial charge in [-0.05, 0) is 12.2 Å². The molecule has 0 amide bonds. The summed E-state index contributed by atoms with van der Waals surface area (Å²) in [5.74, 6) is 0.685. The van der Waals surface area contributed by atoms with Crippen molar-refractivity contribution in [1.82, 2.24) is 15.2 Å². The van der Waals surface area contributed by atoms with E-state index in [0.29, 0.717) is 10.6 Å². The quantitative estimate of drug-likeness (QED) is 0.578. The zero-order chi connectivity index (χ0) is 8.48. The second kappa shape index (κ2) is 2.75. The molecule has 1 aromatic heterocycles. The van der Waals surface area contributed by atoms with Crippen LogP contribution in [0.15, 0.2) is 0 Å². The van der Waals surface area contributed by atoms with E-state index in [2.05, 4.69) is 15.2 Å². The van der Waals surface area contributed by atoms with Crippen molar-refractivity contribution in [3.63, 3.8) is 0 Å². The van der Waals surface area contributed by atoms with Crippen LogP contribution in [-0.2, 0) is 5.41 Å². The largest absolute Gasteiger partial charge is 0.395 e. The summed E-state index contributed by atoms with van der Waals surface area (Å²) in [5.41, 5.74) is -0.354. The Morgan fingerprint density at radius 2 is 2.18 bits per heavy atom. The highest BCUT2D eigenvalue weighted by Gasteiger charge is 2.22. The molecule has 0 radical (unpaired) electrons. The van der Waals surface area contributed by atoms with Crippen LogP contribution in [-0.4, -0.2) is 26.9 Å². The first kappa shape index (κ1) is 8.42. The van der Waals surface area contributed by atoms with E-state index < -0.39 is 0 Å². The number of hydrogen-bond donors (Lipinski definition) is 3. The maximum absolute atomic E-state index is 8.95. The Bertz CT molecular complexity index is 288. The molecule has 0 atom stereocenters. The Balaban J connectivity index is 3.01. The third kappa shape index (κ3) is 1.66. The van der Waals surface area contributed by atoms with Crippen LogP contribution in [0, 0.1) is 4.77 Å². The summed E-state index contributed by atoms with van der Waals surface area (Å²) in [6, 6.07) is 0. The fourth-order valence-corrected chi connectivity index (χ4v) is 0.808. The molecule has 1 aromatic rings. The number of aromatic amines is 2. The first-order chi connectivity index (χ1) is 5.06. The molecule has 0 aromatic carbocycles. The van der Waals surface area contributed by atoms with Gasteiger partial charge < -0.3 is 5.11 Å². The van der Waals surface area contributed by atoms with Gasteiger partial charge in [0.05, 0.1) is 6.61 Å². The van der Waals surface area contributed by atoms with Crippen molar-refractivity contribution in [2.45, 2.75) is 19.3 Å². The van der Waals surface area contributed by atoms with Crippen molar-refractivity contribution in [3.8, 4) is 0 Å². The highest BCUT2D eigenvalue weighted by molar-refractivity contribution is 7.71. The smallest absolute Gasteiger partial charge is 0.213 e. The van der Waals surface area contributed by atoms with Gasteiger partial charge in [0, 0.05) is 5.41 Å². The summed E-state index contributed by atoms with van der Waals surface area (Å²) < 4.78 is 0.418.